The maximum atomic E-state index is 10.9. The third-order valence-corrected chi connectivity index (χ3v) is 2.81. The average molecular weight is 320 g/mol. The van der Waals surface area contributed by atoms with Crippen LogP contribution >= 0.6 is 15.9 Å². The van der Waals surface area contributed by atoms with Crippen molar-refractivity contribution in [3.05, 3.63) is 56.7 Å². The van der Waals surface area contributed by atoms with Crippen LogP contribution in [0.3, 0.4) is 0 Å². The summed E-state index contributed by atoms with van der Waals surface area (Å²) in [6.45, 7) is 0. The molecule has 1 aromatic carbocycles. The first-order valence-electron chi connectivity index (χ1n) is 5.09. The number of ether oxygens (including phenoxy) is 1. The van der Waals surface area contributed by atoms with Crippen LogP contribution in [0.2, 0.25) is 0 Å². The summed E-state index contributed by atoms with van der Waals surface area (Å²) < 4.78 is 5.83. The van der Waals surface area contributed by atoms with Crippen LogP contribution < -0.4 is 4.74 Å². The minimum absolute atomic E-state index is 0.0510. The van der Waals surface area contributed by atoms with Gasteiger partial charge in [-0.2, -0.15) is 5.26 Å². The number of hydrogen-bond acceptors (Lipinski definition) is 5. The lowest BCUT2D eigenvalue weighted by molar-refractivity contribution is -0.385. The van der Waals surface area contributed by atoms with E-state index in [0.29, 0.717) is 4.47 Å². The van der Waals surface area contributed by atoms with E-state index in [2.05, 4.69) is 20.9 Å². The normalized spacial score (nSPS) is 9.68. The molecule has 0 unspecified atom stereocenters. The predicted molar refractivity (Wildman–Crippen MR) is 69.8 cm³/mol. The fourth-order valence-electron chi connectivity index (χ4n) is 1.38. The number of aromatic nitrogens is 1. The molecule has 19 heavy (non-hydrogen) atoms. The number of benzene rings is 1. The summed E-state index contributed by atoms with van der Waals surface area (Å²) in [5.41, 5.74) is -0.00857. The first kappa shape index (κ1) is 13.0. The lowest BCUT2D eigenvalue weighted by atomic mass is 10.3. The molecule has 7 heteroatoms. The lowest BCUT2D eigenvalue weighted by Gasteiger charge is -2.07. The van der Waals surface area contributed by atoms with E-state index in [1.165, 1.54) is 24.3 Å². The minimum atomic E-state index is -0.547. The van der Waals surface area contributed by atoms with Gasteiger partial charge in [0.05, 0.1) is 9.40 Å². The van der Waals surface area contributed by atoms with Gasteiger partial charge in [-0.25, -0.2) is 4.98 Å². The highest BCUT2D eigenvalue weighted by atomic mass is 79.9. The monoisotopic (exact) mass is 319 g/mol. The summed E-state index contributed by atoms with van der Waals surface area (Å²) >= 11 is 3.19. The second-order valence-corrected chi connectivity index (χ2v) is 4.27. The molecule has 1 heterocycles. The van der Waals surface area contributed by atoms with Crippen LogP contribution in [0.1, 0.15) is 5.69 Å². The Morgan fingerprint density at radius 1 is 1.32 bits per heavy atom. The fourth-order valence-corrected chi connectivity index (χ4v) is 1.82. The van der Waals surface area contributed by atoms with Crippen molar-refractivity contribution in [2.45, 2.75) is 0 Å². The van der Waals surface area contributed by atoms with E-state index in [1.807, 2.05) is 6.07 Å². The largest absolute Gasteiger partial charge is 0.431 e. The van der Waals surface area contributed by atoms with Crippen molar-refractivity contribution in [3.8, 4) is 17.7 Å². The summed E-state index contributed by atoms with van der Waals surface area (Å²) in [5.74, 6) is 0.170. The second kappa shape index (κ2) is 5.46. The van der Waals surface area contributed by atoms with E-state index in [4.69, 9.17) is 10.00 Å². The predicted octanol–water partition coefficient (Wildman–Crippen LogP) is 3.42. The smallest absolute Gasteiger partial charge is 0.312 e. The quantitative estimate of drug-likeness (QED) is 0.638. The molecule has 2 aromatic rings. The number of nitrogens with zero attached hydrogens (tertiary/aromatic N) is 3. The number of nitro benzene ring substituents is 1. The van der Waals surface area contributed by atoms with Crippen LogP contribution in [-0.2, 0) is 0 Å². The average Bonchev–Trinajstić information content (AvgIpc) is 2.41. The molecule has 0 bridgehead atoms. The zero-order valence-corrected chi connectivity index (χ0v) is 11.0. The zero-order chi connectivity index (χ0) is 13.8. The molecule has 0 aliphatic rings. The molecule has 0 N–H and O–H groups in total. The van der Waals surface area contributed by atoms with Crippen molar-refractivity contribution in [2.24, 2.45) is 0 Å². The van der Waals surface area contributed by atoms with Crippen LogP contribution in [0.15, 0.2) is 40.9 Å². The van der Waals surface area contributed by atoms with E-state index in [1.54, 1.807) is 12.1 Å². The first-order valence-corrected chi connectivity index (χ1v) is 5.89. The molecule has 6 nitrogen and oxygen atoms in total. The Labute approximate surface area is 116 Å². The number of nitro groups is 1. The van der Waals surface area contributed by atoms with Crippen LogP contribution in [0.25, 0.3) is 0 Å². The van der Waals surface area contributed by atoms with Gasteiger partial charge < -0.3 is 4.74 Å². The van der Waals surface area contributed by atoms with Crippen molar-refractivity contribution in [3.63, 3.8) is 0 Å². The minimum Gasteiger partial charge on any atom is -0.431 e. The summed E-state index contributed by atoms with van der Waals surface area (Å²) in [4.78, 5) is 14.3. The Morgan fingerprint density at radius 3 is 2.74 bits per heavy atom. The van der Waals surface area contributed by atoms with Crippen LogP contribution in [0.4, 0.5) is 5.69 Å². The molecule has 94 valence electrons. The van der Waals surface area contributed by atoms with Crippen LogP contribution in [0, 0.1) is 21.4 Å². The highest BCUT2D eigenvalue weighted by Gasteiger charge is 2.19. The van der Waals surface area contributed by atoms with Gasteiger partial charge in [0.1, 0.15) is 11.8 Å². The summed E-state index contributed by atoms with van der Waals surface area (Å²) in [5, 5.41) is 19.7. The van der Waals surface area contributed by atoms with Crippen molar-refractivity contribution in [2.75, 3.05) is 0 Å². The molecule has 0 amide bonds. The second-order valence-electron chi connectivity index (χ2n) is 3.42. The van der Waals surface area contributed by atoms with E-state index in [9.17, 15) is 10.1 Å². The Hall–Kier alpha value is -2.46. The highest BCUT2D eigenvalue weighted by Crippen LogP contribution is 2.37. The summed E-state index contributed by atoms with van der Waals surface area (Å²) in [6.07, 6.45) is 0. The summed E-state index contributed by atoms with van der Waals surface area (Å²) in [6, 6.07) is 11.0. The molecule has 0 spiro atoms. The van der Waals surface area contributed by atoms with Gasteiger partial charge in [0.25, 0.3) is 0 Å². The van der Waals surface area contributed by atoms with Crippen LogP contribution in [0.5, 0.6) is 11.6 Å². The maximum absolute atomic E-state index is 10.9. The van der Waals surface area contributed by atoms with Gasteiger partial charge in [-0.1, -0.05) is 12.1 Å². The molecule has 0 saturated heterocycles. The van der Waals surface area contributed by atoms with E-state index < -0.39 is 4.92 Å². The number of nitriles is 1. The molecule has 0 aliphatic heterocycles. The molecule has 0 aliphatic carbocycles. The first-order chi connectivity index (χ1) is 9.11. The molecule has 2 rings (SSSR count). The SMILES string of the molecule is N#Cc1cccc(Oc2c(Br)cccc2[N+](=O)[O-])n1. The van der Waals surface area contributed by atoms with Gasteiger partial charge in [0.2, 0.25) is 11.6 Å². The van der Waals surface area contributed by atoms with Crippen molar-refractivity contribution < 1.29 is 9.66 Å². The lowest BCUT2D eigenvalue weighted by Crippen LogP contribution is -1.96. The van der Waals surface area contributed by atoms with Crippen molar-refractivity contribution in [1.29, 1.82) is 5.26 Å². The molecule has 0 radical (unpaired) electrons. The topological polar surface area (TPSA) is 89.0 Å². The Bertz CT molecular complexity index is 682. The maximum Gasteiger partial charge on any atom is 0.312 e. The molecular weight excluding hydrogens is 314 g/mol. The number of para-hydroxylation sites is 1. The van der Waals surface area contributed by atoms with Gasteiger partial charge in [-0.15, -0.1) is 0 Å². The molecule has 0 atom stereocenters. The van der Waals surface area contributed by atoms with Crippen molar-refractivity contribution >= 4 is 21.6 Å². The third-order valence-electron chi connectivity index (χ3n) is 2.19. The van der Waals surface area contributed by atoms with E-state index >= 15 is 0 Å². The fraction of sp³-hybridized carbons (Fsp3) is 0. The Kier molecular flexibility index (Phi) is 3.73. The van der Waals surface area contributed by atoms with Gasteiger partial charge in [0.15, 0.2) is 0 Å². The number of rotatable bonds is 3. The molecule has 1 aromatic heterocycles. The van der Waals surface area contributed by atoms with Gasteiger partial charge in [-0.05, 0) is 28.1 Å². The van der Waals surface area contributed by atoms with E-state index in [0.717, 1.165) is 0 Å². The summed E-state index contributed by atoms with van der Waals surface area (Å²) in [7, 11) is 0. The number of halogens is 1. The highest BCUT2D eigenvalue weighted by molar-refractivity contribution is 9.10. The van der Waals surface area contributed by atoms with Crippen molar-refractivity contribution in [1.82, 2.24) is 4.98 Å². The molecular formula is C12H6BrN3O3. The number of pyridine rings is 1. The van der Waals surface area contributed by atoms with E-state index in [-0.39, 0.29) is 23.0 Å². The van der Waals surface area contributed by atoms with Gasteiger partial charge >= 0.3 is 5.69 Å². The van der Waals surface area contributed by atoms with Gasteiger partial charge in [0, 0.05) is 12.1 Å². The zero-order valence-electron chi connectivity index (χ0n) is 9.41. The third kappa shape index (κ3) is 2.86. The molecule has 0 fully saturated rings. The Balaban J connectivity index is 2.43. The van der Waals surface area contributed by atoms with Crippen LogP contribution in [-0.4, -0.2) is 9.91 Å². The van der Waals surface area contributed by atoms with Gasteiger partial charge in [-0.3, -0.25) is 10.1 Å². The molecule has 0 saturated carbocycles. The number of hydrogen-bond donors (Lipinski definition) is 0. The Morgan fingerprint density at radius 2 is 2.05 bits per heavy atom. The standard InChI is InChI=1S/C12H6BrN3O3/c13-9-4-2-5-10(16(17)18)12(9)19-11-6-1-3-8(7-14)15-11/h1-6H.